The average Bonchev–Trinajstić information content (AvgIpc) is 2.47. The van der Waals surface area contributed by atoms with Crippen molar-refractivity contribution >= 4 is 11.8 Å². The van der Waals surface area contributed by atoms with E-state index >= 15 is 0 Å². The first kappa shape index (κ1) is 16.7. The lowest BCUT2D eigenvalue weighted by Crippen LogP contribution is -2.48. The minimum Gasteiger partial charge on any atom is -0.497 e. The lowest BCUT2D eigenvalue weighted by Gasteiger charge is -2.42. The van der Waals surface area contributed by atoms with Crippen LogP contribution in [0.25, 0.3) is 0 Å². The van der Waals surface area contributed by atoms with Gasteiger partial charge in [0.1, 0.15) is 5.75 Å². The third-order valence-electron chi connectivity index (χ3n) is 4.18. The van der Waals surface area contributed by atoms with Gasteiger partial charge in [-0.1, -0.05) is 32.9 Å². The quantitative estimate of drug-likeness (QED) is 0.906. The first-order chi connectivity index (χ1) is 10.0. The predicted molar refractivity (Wildman–Crippen MR) is 92.1 cm³/mol. The molecule has 4 atom stereocenters. The topological polar surface area (TPSA) is 38.5 Å². The third kappa shape index (κ3) is 4.15. The molecule has 4 heteroatoms. The molecule has 3 nitrogen and oxygen atoms in total. The molecule has 0 aromatic heterocycles. The molecule has 0 saturated carbocycles. The Morgan fingerprint density at radius 1 is 1.24 bits per heavy atom. The van der Waals surface area contributed by atoms with Gasteiger partial charge in [0.2, 0.25) is 0 Å². The van der Waals surface area contributed by atoms with Gasteiger partial charge in [0.05, 0.1) is 7.11 Å². The highest BCUT2D eigenvalue weighted by Crippen LogP contribution is 2.33. The summed E-state index contributed by atoms with van der Waals surface area (Å²) in [6.45, 7) is 9.03. The highest BCUT2D eigenvalue weighted by molar-refractivity contribution is 8.00. The van der Waals surface area contributed by atoms with Gasteiger partial charge in [-0.25, -0.2) is 0 Å². The molecule has 1 aliphatic heterocycles. The van der Waals surface area contributed by atoms with E-state index in [0.29, 0.717) is 16.5 Å². The van der Waals surface area contributed by atoms with E-state index in [4.69, 9.17) is 10.5 Å². The fraction of sp³-hybridized carbons (Fsp3) is 0.647. The van der Waals surface area contributed by atoms with Gasteiger partial charge in [0, 0.05) is 35.7 Å². The van der Waals surface area contributed by atoms with Crippen LogP contribution < -0.4 is 10.5 Å². The van der Waals surface area contributed by atoms with Gasteiger partial charge >= 0.3 is 0 Å². The molecule has 4 unspecified atom stereocenters. The zero-order chi connectivity index (χ0) is 15.4. The molecule has 0 spiro atoms. The van der Waals surface area contributed by atoms with E-state index in [1.807, 2.05) is 12.1 Å². The molecule has 0 bridgehead atoms. The molecular formula is C17H28N2OS. The SMILES string of the molecule is CCC(N)C(c1ccc(OC)cc1)N1CC(C)SC(C)C1. The van der Waals surface area contributed by atoms with Crippen molar-refractivity contribution in [1.82, 2.24) is 4.90 Å². The number of hydrogen-bond donors (Lipinski definition) is 1. The zero-order valence-corrected chi connectivity index (χ0v) is 14.4. The molecule has 0 radical (unpaired) electrons. The highest BCUT2D eigenvalue weighted by atomic mass is 32.2. The second-order valence-electron chi connectivity index (χ2n) is 6.00. The Morgan fingerprint density at radius 2 is 1.81 bits per heavy atom. The van der Waals surface area contributed by atoms with Crippen LogP contribution in [-0.2, 0) is 0 Å². The molecule has 1 aromatic rings. The number of hydrogen-bond acceptors (Lipinski definition) is 4. The number of thioether (sulfide) groups is 1. The third-order valence-corrected chi connectivity index (χ3v) is 5.40. The van der Waals surface area contributed by atoms with Crippen LogP contribution in [0.5, 0.6) is 5.75 Å². The molecule has 1 saturated heterocycles. The van der Waals surface area contributed by atoms with E-state index in [0.717, 1.165) is 25.3 Å². The molecule has 1 aromatic carbocycles. The maximum atomic E-state index is 6.46. The second kappa shape index (κ2) is 7.52. The average molecular weight is 308 g/mol. The van der Waals surface area contributed by atoms with Crippen molar-refractivity contribution in [3.05, 3.63) is 29.8 Å². The molecule has 1 heterocycles. The fourth-order valence-corrected chi connectivity index (χ4v) is 4.55. The van der Waals surface area contributed by atoms with Crippen molar-refractivity contribution in [2.75, 3.05) is 20.2 Å². The van der Waals surface area contributed by atoms with E-state index in [-0.39, 0.29) is 6.04 Å². The fourth-order valence-electron chi connectivity index (χ4n) is 3.20. The predicted octanol–water partition coefficient (Wildman–Crippen LogP) is 3.30. The zero-order valence-electron chi connectivity index (χ0n) is 13.6. The van der Waals surface area contributed by atoms with E-state index in [1.54, 1.807) is 7.11 Å². The Hall–Kier alpha value is -0.710. The van der Waals surface area contributed by atoms with Gasteiger partial charge in [0.25, 0.3) is 0 Å². The Balaban J connectivity index is 2.24. The van der Waals surface area contributed by atoms with Crippen LogP contribution >= 0.6 is 11.8 Å². The van der Waals surface area contributed by atoms with E-state index in [1.165, 1.54) is 5.56 Å². The largest absolute Gasteiger partial charge is 0.497 e. The van der Waals surface area contributed by atoms with Crippen molar-refractivity contribution in [1.29, 1.82) is 0 Å². The summed E-state index contributed by atoms with van der Waals surface area (Å²) in [6, 6.07) is 8.87. The molecule has 1 fully saturated rings. The molecule has 0 aliphatic carbocycles. The van der Waals surface area contributed by atoms with Crippen LogP contribution in [0.15, 0.2) is 24.3 Å². The van der Waals surface area contributed by atoms with Crippen LogP contribution in [0, 0.1) is 0 Å². The Morgan fingerprint density at radius 3 is 2.29 bits per heavy atom. The number of rotatable bonds is 5. The Kier molecular flexibility index (Phi) is 5.97. The van der Waals surface area contributed by atoms with Gasteiger partial charge in [-0.3, -0.25) is 4.90 Å². The number of nitrogens with zero attached hydrogens (tertiary/aromatic N) is 1. The first-order valence-corrected chi connectivity index (χ1v) is 8.78. The summed E-state index contributed by atoms with van der Waals surface area (Å²) in [7, 11) is 1.70. The van der Waals surface area contributed by atoms with Gasteiger partial charge < -0.3 is 10.5 Å². The maximum absolute atomic E-state index is 6.46. The smallest absolute Gasteiger partial charge is 0.118 e. The molecule has 118 valence electrons. The molecule has 2 N–H and O–H groups in total. The summed E-state index contributed by atoms with van der Waals surface area (Å²) in [6.07, 6.45) is 0.989. The van der Waals surface area contributed by atoms with Crippen LogP contribution in [-0.4, -0.2) is 41.6 Å². The monoisotopic (exact) mass is 308 g/mol. The van der Waals surface area contributed by atoms with Gasteiger partial charge in [-0.15, -0.1) is 0 Å². The van der Waals surface area contributed by atoms with Crippen molar-refractivity contribution in [3.63, 3.8) is 0 Å². The minimum absolute atomic E-state index is 0.167. The van der Waals surface area contributed by atoms with Crippen LogP contribution in [0.4, 0.5) is 0 Å². The lowest BCUT2D eigenvalue weighted by atomic mass is 9.95. The normalized spacial score (nSPS) is 26.3. The Labute approximate surface area is 133 Å². The minimum atomic E-state index is 0.167. The number of ether oxygens (including phenoxy) is 1. The van der Waals surface area contributed by atoms with Crippen LogP contribution in [0.3, 0.4) is 0 Å². The van der Waals surface area contributed by atoms with Gasteiger partial charge in [-0.2, -0.15) is 11.8 Å². The van der Waals surface area contributed by atoms with Crippen LogP contribution in [0.1, 0.15) is 38.8 Å². The standard InChI is InChI=1S/C17H28N2OS/c1-5-16(18)17(14-6-8-15(20-4)9-7-14)19-10-12(2)21-13(3)11-19/h6-9,12-13,16-17H,5,10-11,18H2,1-4H3. The molecule has 21 heavy (non-hydrogen) atoms. The Bertz CT molecular complexity index is 427. The summed E-state index contributed by atoms with van der Waals surface area (Å²) < 4.78 is 5.27. The summed E-state index contributed by atoms with van der Waals surface area (Å²) >= 11 is 2.08. The number of methoxy groups -OCH3 is 1. The molecule has 1 aliphatic rings. The van der Waals surface area contributed by atoms with Crippen LogP contribution in [0.2, 0.25) is 0 Å². The summed E-state index contributed by atoms with van der Waals surface area (Å²) in [5.74, 6) is 0.901. The molecule has 0 amide bonds. The molecule has 2 rings (SSSR count). The van der Waals surface area contributed by atoms with E-state index in [9.17, 15) is 0 Å². The van der Waals surface area contributed by atoms with Gasteiger partial charge in [-0.05, 0) is 24.1 Å². The number of benzene rings is 1. The van der Waals surface area contributed by atoms with Gasteiger partial charge in [0.15, 0.2) is 0 Å². The van der Waals surface area contributed by atoms with E-state index < -0.39 is 0 Å². The van der Waals surface area contributed by atoms with Crippen molar-refractivity contribution in [3.8, 4) is 5.75 Å². The van der Waals surface area contributed by atoms with Crippen molar-refractivity contribution in [2.24, 2.45) is 5.73 Å². The number of nitrogens with two attached hydrogens (primary N) is 1. The summed E-state index contributed by atoms with van der Waals surface area (Å²) in [5.41, 5.74) is 7.76. The summed E-state index contributed by atoms with van der Waals surface area (Å²) in [5, 5.41) is 1.33. The van der Waals surface area contributed by atoms with E-state index in [2.05, 4.69) is 49.6 Å². The highest BCUT2D eigenvalue weighted by Gasteiger charge is 2.31. The maximum Gasteiger partial charge on any atom is 0.118 e. The van der Waals surface area contributed by atoms with Crippen molar-refractivity contribution in [2.45, 2.75) is 49.8 Å². The van der Waals surface area contributed by atoms with Crippen molar-refractivity contribution < 1.29 is 4.74 Å². The lowest BCUT2D eigenvalue weighted by molar-refractivity contribution is 0.167. The first-order valence-electron chi connectivity index (χ1n) is 7.84. The molecular weight excluding hydrogens is 280 g/mol. The summed E-state index contributed by atoms with van der Waals surface area (Å²) in [4.78, 5) is 2.57. The second-order valence-corrected chi connectivity index (χ2v) is 7.88.